The summed E-state index contributed by atoms with van der Waals surface area (Å²) in [6.07, 6.45) is 6.62. The van der Waals surface area contributed by atoms with Crippen molar-refractivity contribution in [1.29, 1.82) is 0 Å². The van der Waals surface area contributed by atoms with Crippen molar-refractivity contribution in [1.82, 2.24) is 9.55 Å². The molecule has 0 atom stereocenters. The summed E-state index contributed by atoms with van der Waals surface area (Å²) in [6.45, 7) is 4.38. The molecule has 0 saturated carbocycles. The van der Waals surface area contributed by atoms with E-state index in [-0.39, 0.29) is 0 Å². The first kappa shape index (κ1) is 13.8. The van der Waals surface area contributed by atoms with Crippen LogP contribution in [0.2, 0.25) is 0 Å². The molecule has 0 fully saturated rings. The Morgan fingerprint density at radius 2 is 1.81 bits per heavy atom. The van der Waals surface area contributed by atoms with Gasteiger partial charge in [-0.1, -0.05) is 37.3 Å². The molecule has 21 heavy (non-hydrogen) atoms. The van der Waals surface area contributed by atoms with E-state index in [4.69, 9.17) is 4.74 Å². The van der Waals surface area contributed by atoms with E-state index >= 15 is 0 Å². The lowest BCUT2D eigenvalue weighted by molar-refractivity contribution is 0.113. The molecule has 0 bridgehead atoms. The normalized spacial score (nSPS) is 11.1. The third-order valence-corrected chi connectivity index (χ3v) is 3.70. The molecule has 108 valence electrons. The maximum absolute atomic E-state index is 5.74. The van der Waals surface area contributed by atoms with E-state index in [1.807, 2.05) is 17.1 Å². The second kappa shape index (κ2) is 6.55. The molecule has 0 radical (unpaired) electrons. The number of imidazole rings is 1. The van der Waals surface area contributed by atoms with Gasteiger partial charge in [-0.05, 0) is 34.4 Å². The van der Waals surface area contributed by atoms with E-state index in [1.54, 1.807) is 6.20 Å². The molecule has 3 rings (SSSR count). The SMILES string of the molecule is CCc1ccc2cc(COCCn3ccnc3)ccc2c1. The van der Waals surface area contributed by atoms with Gasteiger partial charge in [-0.3, -0.25) is 0 Å². The van der Waals surface area contributed by atoms with Gasteiger partial charge in [0.15, 0.2) is 0 Å². The predicted molar refractivity (Wildman–Crippen MR) is 85.2 cm³/mol. The third-order valence-electron chi connectivity index (χ3n) is 3.70. The Kier molecular flexibility index (Phi) is 4.31. The van der Waals surface area contributed by atoms with Crippen molar-refractivity contribution in [2.75, 3.05) is 6.61 Å². The van der Waals surface area contributed by atoms with Gasteiger partial charge in [0.2, 0.25) is 0 Å². The van der Waals surface area contributed by atoms with Gasteiger partial charge in [0.1, 0.15) is 0 Å². The fourth-order valence-electron chi connectivity index (χ4n) is 2.43. The number of benzene rings is 2. The molecule has 0 spiro atoms. The van der Waals surface area contributed by atoms with Crippen molar-refractivity contribution in [3.8, 4) is 0 Å². The zero-order chi connectivity index (χ0) is 14.5. The second-order valence-electron chi connectivity index (χ2n) is 5.22. The molecule has 0 unspecified atom stereocenters. The van der Waals surface area contributed by atoms with Crippen LogP contribution in [0.3, 0.4) is 0 Å². The van der Waals surface area contributed by atoms with Crippen LogP contribution in [0.5, 0.6) is 0 Å². The first-order chi connectivity index (χ1) is 10.3. The number of ether oxygens (including phenoxy) is 1. The fourth-order valence-corrected chi connectivity index (χ4v) is 2.43. The number of hydrogen-bond acceptors (Lipinski definition) is 2. The van der Waals surface area contributed by atoms with Crippen LogP contribution in [0.1, 0.15) is 18.1 Å². The highest BCUT2D eigenvalue weighted by atomic mass is 16.5. The molecule has 1 aromatic heterocycles. The van der Waals surface area contributed by atoms with Crippen molar-refractivity contribution in [2.45, 2.75) is 26.5 Å². The van der Waals surface area contributed by atoms with Gasteiger partial charge in [0.25, 0.3) is 0 Å². The minimum absolute atomic E-state index is 0.653. The van der Waals surface area contributed by atoms with Crippen LogP contribution in [0, 0.1) is 0 Å². The van der Waals surface area contributed by atoms with E-state index in [0.717, 1.165) is 13.0 Å². The summed E-state index contributed by atoms with van der Waals surface area (Å²) in [6, 6.07) is 13.2. The van der Waals surface area contributed by atoms with Gasteiger partial charge in [-0.2, -0.15) is 0 Å². The van der Waals surface area contributed by atoms with Gasteiger partial charge in [0.05, 0.1) is 19.5 Å². The summed E-state index contributed by atoms with van der Waals surface area (Å²) in [5.74, 6) is 0. The van der Waals surface area contributed by atoms with E-state index in [2.05, 4.69) is 48.3 Å². The van der Waals surface area contributed by atoms with Crippen LogP contribution in [0.15, 0.2) is 55.1 Å². The maximum Gasteiger partial charge on any atom is 0.0946 e. The minimum Gasteiger partial charge on any atom is -0.375 e. The topological polar surface area (TPSA) is 27.1 Å². The molecule has 0 amide bonds. The smallest absolute Gasteiger partial charge is 0.0946 e. The van der Waals surface area contributed by atoms with Gasteiger partial charge in [-0.25, -0.2) is 4.98 Å². The molecule has 0 saturated heterocycles. The molecular weight excluding hydrogens is 260 g/mol. The highest BCUT2D eigenvalue weighted by Gasteiger charge is 1.99. The zero-order valence-corrected chi connectivity index (χ0v) is 12.3. The van der Waals surface area contributed by atoms with E-state index in [9.17, 15) is 0 Å². The van der Waals surface area contributed by atoms with Gasteiger partial charge in [-0.15, -0.1) is 0 Å². The van der Waals surface area contributed by atoms with Crippen LogP contribution in [-0.4, -0.2) is 16.2 Å². The molecule has 0 aliphatic carbocycles. The van der Waals surface area contributed by atoms with Crippen molar-refractivity contribution in [3.63, 3.8) is 0 Å². The number of nitrogens with zero attached hydrogens (tertiary/aromatic N) is 2. The monoisotopic (exact) mass is 280 g/mol. The van der Waals surface area contributed by atoms with Crippen LogP contribution in [-0.2, 0) is 24.3 Å². The third kappa shape index (κ3) is 3.50. The van der Waals surface area contributed by atoms with Gasteiger partial charge in [0, 0.05) is 18.9 Å². The van der Waals surface area contributed by atoms with Crippen LogP contribution in [0.4, 0.5) is 0 Å². The van der Waals surface area contributed by atoms with Crippen LogP contribution in [0.25, 0.3) is 10.8 Å². The Morgan fingerprint density at radius 1 is 1.05 bits per heavy atom. The van der Waals surface area contributed by atoms with Crippen LogP contribution < -0.4 is 0 Å². The summed E-state index contributed by atoms with van der Waals surface area (Å²) in [5.41, 5.74) is 2.60. The van der Waals surface area contributed by atoms with Crippen molar-refractivity contribution in [2.24, 2.45) is 0 Å². The Labute approximate surface area is 125 Å². The summed E-state index contributed by atoms with van der Waals surface area (Å²) < 4.78 is 7.76. The Morgan fingerprint density at radius 3 is 2.52 bits per heavy atom. The van der Waals surface area contributed by atoms with Crippen molar-refractivity contribution >= 4 is 10.8 Å². The lowest BCUT2D eigenvalue weighted by Gasteiger charge is -2.07. The molecule has 2 aromatic carbocycles. The molecular formula is C18H20N2O. The molecule has 0 aliphatic heterocycles. The number of aromatic nitrogens is 2. The summed E-state index contributed by atoms with van der Waals surface area (Å²) in [7, 11) is 0. The highest BCUT2D eigenvalue weighted by Crippen LogP contribution is 2.18. The van der Waals surface area contributed by atoms with E-state index in [0.29, 0.717) is 13.2 Å². The lowest BCUT2D eigenvalue weighted by Crippen LogP contribution is -2.04. The average molecular weight is 280 g/mol. The molecule has 3 aromatic rings. The zero-order valence-electron chi connectivity index (χ0n) is 12.3. The Hall–Kier alpha value is -2.13. The quantitative estimate of drug-likeness (QED) is 0.642. The number of aryl methyl sites for hydroxylation is 1. The highest BCUT2D eigenvalue weighted by molar-refractivity contribution is 5.83. The van der Waals surface area contributed by atoms with E-state index < -0.39 is 0 Å². The average Bonchev–Trinajstić information content (AvgIpc) is 3.04. The molecule has 0 N–H and O–H groups in total. The Balaban J connectivity index is 1.59. The lowest BCUT2D eigenvalue weighted by atomic mass is 10.0. The summed E-state index contributed by atoms with van der Waals surface area (Å²) >= 11 is 0. The van der Waals surface area contributed by atoms with Crippen LogP contribution >= 0.6 is 0 Å². The number of fused-ring (bicyclic) bond motifs is 1. The predicted octanol–water partition coefficient (Wildman–Crippen LogP) is 3.82. The number of rotatable bonds is 6. The first-order valence-electron chi connectivity index (χ1n) is 7.40. The molecule has 0 aliphatic rings. The standard InChI is InChI=1S/C18H20N2O/c1-2-15-3-5-18-12-16(4-6-17(18)11-15)13-21-10-9-20-8-7-19-14-20/h3-8,11-12,14H,2,9-10,13H2,1H3. The van der Waals surface area contributed by atoms with E-state index in [1.165, 1.54) is 21.9 Å². The summed E-state index contributed by atoms with van der Waals surface area (Å²) in [5, 5.41) is 2.58. The van der Waals surface area contributed by atoms with Crippen molar-refractivity contribution < 1.29 is 4.74 Å². The maximum atomic E-state index is 5.74. The van der Waals surface area contributed by atoms with Crippen molar-refractivity contribution in [3.05, 3.63) is 66.2 Å². The number of hydrogen-bond donors (Lipinski definition) is 0. The molecule has 3 nitrogen and oxygen atoms in total. The summed E-state index contributed by atoms with van der Waals surface area (Å²) in [4.78, 5) is 4.01. The largest absolute Gasteiger partial charge is 0.375 e. The molecule has 3 heteroatoms. The first-order valence-corrected chi connectivity index (χ1v) is 7.40. The minimum atomic E-state index is 0.653. The Bertz CT molecular complexity index is 704. The van der Waals surface area contributed by atoms with Gasteiger partial charge >= 0.3 is 0 Å². The second-order valence-corrected chi connectivity index (χ2v) is 5.22. The van der Waals surface area contributed by atoms with Gasteiger partial charge < -0.3 is 9.30 Å². The fraction of sp³-hybridized carbons (Fsp3) is 0.278. The molecule has 1 heterocycles.